The molecule has 2 aromatic rings. The van der Waals surface area contributed by atoms with Gasteiger partial charge in [-0.25, -0.2) is 18.7 Å². The van der Waals surface area contributed by atoms with Gasteiger partial charge in [-0.05, 0) is 32.0 Å². The van der Waals surface area contributed by atoms with Crippen molar-refractivity contribution in [2.24, 2.45) is 0 Å². The number of aromatic nitrogens is 2. The molecule has 0 bridgehead atoms. The zero-order chi connectivity index (χ0) is 17.7. The van der Waals surface area contributed by atoms with Crippen LogP contribution in [0.15, 0.2) is 24.3 Å². The van der Waals surface area contributed by atoms with Gasteiger partial charge in [0.25, 0.3) is 11.8 Å². The predicted octanol–water partition coefficient (Wildman–Crippen LogP) is 1.24. The molecule has 0 saturated carbocycles. The van der Waals surface area contributed by atoms with E-state index >= 15 is 0 Å². The van der Waals surface area contributed by atoms with Crippen molar-refractivity contribution in [2.75, 3.05) is 12.0 Å². The van der Waals surface area contributed by atoms with E-state index in [0.717, 1.165) is 23.5 Å². The van der Waals surface area contributed by atoms with Crippen LogP contribution in [0.25, 0.3) is 0 Å². The maximum Gasteiger partial charge on any atom is 0.257 e. The van der Waals surface area contributed by atoms with Gasteiger partial charge in [0.05, 0.1) is 12.1 Å². The Morgan fingerprint density at radius 2 is 1.75 bits per heavy atom. The molecule has 3 N–H and O–H groups in total. The van der Waals surface area contributed by atoms with Gasteiger partial charge < -0.3 is 5.32 Å². The van der Waals surface area contributed by atoms with Crippen molar-refractivity contribution in [3.8, 4) is 0 Å². The van der Waals surface area contributed by atoms with E-state index in [1.807, 2.05) is 0 Å². The Labute approximate surface area is 136 Å². The summed E-state index contributed by atoms with van der Waals surface area (Å²) in [4.78, 5) is 31.5. The third kappa shape index (κ3) is 4.70. The lowest BCUT2D eigenvalue weighted by Gasteiger charge is -2.09. The number of hydrogen-bond donors (Lipinski definition) is 3. The summed E-state index contributed by atoms with van der Waals surface area (Å²) < 4.78 is 26.2. The monoisotopic (exact) mass is 335 g/mol. The van der Waals surface area contributed by atoms with E-state index in [9.17, 15) is 18.4 Å². The first-order valence-electron chi connectivity index (χ1n) is 6.95. The van der Waals surface area contributed by atoms with Crippen LogP contribution in [0.5, 0.6) is 0 Å². The van der Waals surface area contributed by atoms with Crippen molar-refractivity contribution >= 4 is 17.8 Å². The van der Waals surface area contributed by atoms with Crippen LogP contribution in [0.2, 0.25) is 0 Å². The molecule has 0 atom stereocenters. The highest BCUT2D eigenvalue weighted by Crippen LogP contribution is 2.09. The zero-order valence-electron chi connectivity index (χ0n) is 13.0. The van der Waals surface area contributed by atoms with E-state index in [0.29, 0.717) is 6.07 Å². The lowest BCUT2D eigenvalue weighted by molar-refractivity contribution is -0.119. The second-order valence-electron chi connectivity index (χ2n) is 4.95. The quantitative estimate of drug-likeness (QED) is 0.715. The van der Waals surface area contributed by atoms with Gasteiger partial charge in [0, 0.05) is 17.5 Å². The molecule has 2 rings (SSSR count). The molecule has 0 radical (unpaired) electrons. The number of nitrogens with one attached hydrogen (secondary N) is 3. The summed E-state index contributed by atoms with van der Waals surface area (Å²) in [6, 6.07) is 4.31. The SMILES string of the molecule is Cc1cc(C)nc(NNC(=O)CNC(=O)c2ccc(F)cc2F)n1. The Hall–Kier alpha value is -3.10. The molecule has 1 heterocycles. The molecule has 126 valence electrons. The third-order valence-electron chi connectivity index (χ3n) is 2.88. The molecule has 0 aliphatic rings. The maximum absolute atomic E-state index is 13.4. The van der Waals surface area contributed by atoms with Crippen LogP contribution in [0.4, 0.5) is 14.7 Å². The van der Waals surface area contributed by atoms with Crippen molar-refractivity contribution < 1.29 is 18.4 Å². The largest absolute Gasteiger partial charge is 0.343 e. The maximum atomic E-state index is 13.4. The van der Waals surface area contributed by atoms with Crippen molar-refractivity contribution in [2.45, 2.75) is 13.8 Å². The molecule has 0 aliphatic carbocycles. The minimum absolute atomic E-state index is 0.205. The Kier molecular flexibility index (Phi) is 5.35. The fourth-order valence-electron chi connectivity index (χ4n) is 1.88. The molecule has 1 aromatic heterocycles. The van der Waals surface area contributed by atoms with Crippen LogP contribution in [0.3, 0.4) is 0 Å². The average Bonchev–Trinajstić information content (AvgIpc) is 2.49. The number of amides is 2. The normalized spacial score (nSPS) is 10.2. The molecule has 0 unspecified atom stereocenters. The van der Waals surface area contributed by atoms with E-state index in [1.165, 1.54) is 0 Å². The predicted molar refractivity (Wildman–Crippen MR) is 82.0 cm³/mol. The molecule has 0 fully saturated rings. The van der Waals surface area contributed by atoms with E-state index in [4.69, 9.17) is 0 Å². The van der Waals surface area contributed by atoms with Crippen LogP contribution in [-0.4, -0.2) is 28.3 Å². The summed E-state index contributed by atoms with van der Waals surface area (Å²) in [6.07, 6.45) is 0. The second-order valence-corrected chi connectivity index (χ2v) is 4.95. The van der Waals surface area contributed by atoms with Gasteiger partial charge in [0.2, 0.25) is 5.95 Å². The standard InChI is InChI=1S/C15H15F2N5O2/c1-8-5-9(2)20-15(19-8)22-21-13(23)7-18-14(24)11-4-3-10(16)6-12(11)17/h3-6H,7H2,1-2H3,(H,18,24)(H,21,23)(H,19,20,22). The third-order valence-corrected chi connectivity index (χ3v) is 2.88. The number of nitrogens with zero attached hydrogens (tertiary/aromatic N) is 2. The van der Waals surface area contributed by atoms with E-state index in [-0.39, 0.29) is 11.5 Å². The fourth-order valence-corrected chi connectivity index (χ4v) is 1.88. The smallest absolute Gasteiger partial charge is 0.257 e. The number of hydrazine groups is 1. The molecule has 1 aromatic carbocycles. The number of rotatable bonds is 5. The first-order chi connectivity index (χ1) is 11.3. The minimum atomic E-state index is -1.00. The molecule has 0 aliphatic heterocycles. The lowest BCUT2D eigenvalue weighted by atomic mass is 10.2. The van der Waals surface area contributed by atoms with Crippen molar-refractivity contribution in [3.63, 3.8) is 0 Å². The Bertz CT molecular complexity index is 762. The van der Waals surface area contributed by atoms with Gasteiger partial charge in [0.1, 0.15) is 11.6 Å². The summed E-state index contributed by atoms with van der Waals surface area (Å²) in [5.74, 6) is -3.01. The summed E-state index contributed by atoms with van der Waals surface area (Å²) in [7, 11) is 0. The number of hydrogen-bond acceptors (Lipinski definition) is 5. The molecule has 2 amide bonds. The summed E-state index contributed by atoms with van der Waals surface area (Å²) in [5.41, 5.74) is 5.90. The van der Waals surface area contributed by atoms with Crippen LogP contribution < -0.4 is 16.2 Å². The number of benzene rings is 1. The molecular weight excluding hydrogens is 320 g/mol. The highest BCUT2D eigenvalue weighted by atomic mass is 19.1. The van der Waals surface area contributed by atoms with Gasteiger partial charge in [-0.15, -0.1) is 0 Å². The van der Waals surface area contributed by atoms with E-state index < -0.39 is 30.0 Å². The van der Waals surface area contributed by atoms with Crippen molar-refractivity contribution in [1.29, 1.82) is 0 Å². The topological polar surface area (TPSA) is 96.0 Å². The van der Waals surface area contributed by atoms with Crippen LogP contribution in [-0.2, 0) is 4.79 Å². The average molecular weight is 335 g/mol. The minimum Gasteiger partial charge on any atom is -0.343 e. The van der Waals surface area contributed by atoms with Gasteiger partial charge in [-0.2, -0.15) is 0 Å². The van der Waals surface area contributed by atoms with E-state index in [2.05, 4.69) is 26.1 Å². The second kappa shape index (κ2) is 7.44. The first-order valence-corrected chi connectivity index (χ1v) is 6.95. The highest BCUT2D eigenvalue weighted by Gasteiger charge is 2.13. The van der Waals surface area contributed by atoms with Gasteiger partial charge in [-0.3, -0.25) is 20.4 Å². The highest BCUT2D eigenvalue weighted by molar-refractivity contribution is 5.96. The molecular formula is C15H15F2N5O2. The zero-order valence-corrected chi connectivity index (χ0v) is 13.0. The van der Waals surface area contributed by atoms with Crippen LogP contribution in [0.1, 0.15) is 21.7 Å². The molecule has 7 nitrogen and oxygen atoms in total. The van der Waals surface area contributed by atoms with Crippen LogP contribution in [0, 0.1) is 25.5 Å². The van der Waals surface area contributed by atoms with Crippen molar-refractivity contribution in [1.82, 2.24) is 20.7 Å². The van der Waals surface area contributed by atoms with Gasteiger partial charge in [-0.1, -0.05) is 0 Å². The molecule has 0 spiro atoms. The Morgan fingerprint density at radius 1 is 1.08 bits per heavy atom. The number of halogens is 2. The Balaban J connectivity index is 1.85. The van der Waals surface area contributed by atoms with Gasteiger partial charge in [0.15, 0.2) is 0 Å². The van der Waals surface area contributed by atoms with Gasteiger partial charge >= 0.3 is 0 Å². The molecule has 0 saturated heterocycles. The summed E-state index contributed by atoms with van der Waals surface area (Å²) >= 11 is 0. The lowest BCUT2D eigenvalue weighted by Crippen LogP contribution is -2.40. The number of anilines is 1. The molecule has 24 heavy (non-hydrogen) atoms. The Morgan fingerprint density at radius 3 is 2.38 bits per heavy atom. The number of aryl methyl sites for hydroxylation is 2. The first kappa shape index (κ1) is 17.3. The molecule has 9 heteroatoms. The summed E-state index contributed by atoms with van der Waals surface area (Å²) in [5, 5.41) is 2.22. The van der Waals surface area contributed by atoms with E-state index in [1.54, 1.807) is 19.9 Å². The van der Waals surface area contributed by atoms with Crippen LogP contribution >= 0.6 is 0 Å². The number of carbonyl (C=O) groups is 2. The van der Waals surface area contributed by atoms with Crippen molar-refractivity contribution in [3.05, 3.63) is 52.9 Å². The fraction of sp³-hybridized carbons (Fsp3) is 0.200. The number of carbonyl (C=O) groups excluding carboxylic acids is 2. The summed E-state index contributed by atoms with van der Waals surface area (Å²) in [6.45, 7) is 3.14.